The third-order valence-electron chi connectivity index (χ3n) is 15.5. The molecule has 0 radical (unpaired) electrons. The minimum Gasteiger partial charge on any atom is -0.457 e. The van der Waals surface area contributed by atoms with Gasteiger partial charge in [0.2, 0.25) is 0 Å². The molecule has 14 heteroatoms. The highest BCUT2D eigenvalue weighted by Crippen LogP contribution is 2.27. The predicted molar refractivity (Wildman–Crippen MR) is 330 cm³/mol. The Hall–Kier alpha value is -2.57. The monoisotopic (exact) mass is 1160 g/mol. The molecule has 82 heavy (non-hydrogen) atoms. The summed E-state index contributed by atoms with van der Waals surface area (Å²) in [6, 6.07) is 0. The van der Waals surface area contributed by atoms with Crippen molar-refractivity contribution in [1.29, 1.82) is 0 Å². The summed E-state index contributed by atoms with van der Waals surface area (Å²) < 4.78 is 34.5. The molecule has 2 rings (SSSR count). The average molecular weight is 1160 g/mol. The van der Waals surface area contributed by atoms with Crippen LogP contribution in [0.1, 0.15) is 251 Å². The quantitative estimate of drug-likeness (QED) is 0.0172. The molecule has 0 aromatic carbocycles. The second-order valence-electron chi connectivity index (χ2n) is 22.9. The van der Waals surface area contributed by atoms with E-state index in [0.29, 0.717) is 13.0 Å². The van der Waals surface area contributed by atoms with Gasteiger partial charge in [-0.25, -0.2) is 0 Å². The van der Waals surface area contributed by atoms with E-state index in [1.165, 1.54) is 128 Å². The summed E-state index contributed by atoms with van der Waals surface area (Å²) in [5, 5.41) is 72.5. The zero-order chi connectivity index (χ0) is 59.4. The van der Waals surface area contributed by atoms with Crippen molar-refractivity contribution < 1.29 is 69.0 Å². The normalized spacial score (nSPS) is 24.0. The average Bonchev–Trinajstić information content (AvgIpc) is 3.58. The molecular formula is C68H120O14. The van der Waals surface area contributed by atoms with Gasteiger partial charge >= 0.3 is 5.97 Å². The summed E-state index contributed by atoms with van der Waals surface area (Å²) in [7, 11) is 0. The van der Waals surface area contributed by atoms with Crippen LogP contribution in [0.15, 0.2) is 72.9 Å². The molecule has 0 aliphatic carbocycles. The second kappa shape index (κ2) is 53.9. The van der Waals surface area contributed by atoms with Crippen LogP contribution in [-0.4, -0.2) is 142 Å². The zero-order valence-electron chi connectivity index (χ0n) is 51.5. The van der Waals surface area contributed by atoms with Crippen LogP contribution in [0.5, 0.6) is 0 Å². The molecule has 0 amide bonds. The van der Waals surface area contributed by atoms with Crippen molar-refractivity contribution in [2.24, 2.45) is 0 Å². The maximum Gasteiger partial charge on any atom is 0.306 e. The number of carbonyl (C=O) groups is 1. The van der Waals surface area contributed by atoms with Crippen LogP contribution in [0.2, 0.25) is 0 Å². The number of esters is 1. The van der Waals surface area contributed by atoms with E-state index >= 15 is 0 Å². The molecule has 476 valence electrons. The largest absolute Gasteiger partial charge is 0.457 e. The number of aliphatic hydroxyl groups is 7. The number of aliphatic hydroxyl groups excluding tert-OH is 7. The van der Waals surface area contributed by atoms with Crippen LogP contribution in [-0.2, 0) is 33.2 Å². The van der Waals surface area contributed by atoms with Crippen molar-refractivity contribution in [3.05, 3.63) is 72.9 Å². The number of hydrogen-bond donors (Lipinski definition) is 7. The fourth-order valence-electron chi connectivity index (χ4n) is 10.2. The lowest BCUT2D eigenvalue weighted by molar-refractivity contribution is -0.332. The maximum absolute atomic E-state index is 13.1. The van der Waals surface area contributed by atoms with Gasteiger partial charge in [0, 0.05) is 13.0 Å². The van der Waals surface area contributed by atoms with Crippen molar-refractivity contribution in [1.82, 2.24) is 0 Å². The highest BCUT2D eigenvalue weighted by atomic mass is 16.7. The lowest BCUT2D eigenvalue weighted by Gasteiger charge is -2.42. The molecule has 11 unspecified atom stereocenters. The summed E-state index contributed by atoms with van der Waals surface area (Å²) in [5.74, 6) is -0.380. The Morgan fingerprint density at radius 1 is 0.415 bits per heavy atom. The lowest BCUT2D eigenvalue weighted by Crippen LogP contribution is -2.61. The van der Waals surface area contributed by atoms with Crippen molar-refractivity contribution in [3.63, 3.8) is 0 Å². The number of unbranched alkanes of at least 4 members (excludes halogenated alkanes) is 28. The number of hydrogen-bond acceptors (Lipinski definition) is 14. The van der Waals surface area contributed by atoms with Gasteiger partial charge in [-0.1, -0.05) is 254 Å². The van der Waals surface area contributed by atoms with Crippen LogP contribution in [0.25, 0.3) is 0 Å². The van der Waals surface area contributed by atoms with Crippen LogP contribution < -0.4 is 0 Å². The number of allylic oxidation sites excluding steroid dienone is 12. The summed E-state index contributed by atoms with van der Waals surface area (Å²) in [4.78, 5) is 13.1. The van der Waals surface area contributed by atoms with Crippen molar-refractivity contribution in [3.8, 4) is 0 Å². The molecule has 2 saturated heterocycles. The molecule has 0 bridgehead atoms. The molecule has 2 fully saturated rings. The van der Waals surface area contributed by atoms with Gasteiger partial charge in [-0.15, -0.1) is 0 Å². The Kier molecular flexibility index (Phi) is 49.6. The van der Waals surface area contributed by atoms with E-state index in [1.807, 2.05) is 0 Å². The highest BCUT2D eigenvalue weighted by Gasteiger charge is 2.47. The third kappa shape index (κ3) is 39.2. The molecule has 0 aromatic heterocycles. The molecule has 11 atom stereocenters. The Bertz CT molecular complexity index is 1630. The van der Waals surface area contributed by atoms with Gasteiger partial charge in [0.25, 0.3) is 0 Å². The van der Waals surface area contributed by atoms with Gasteiger partial charge in [-0.3, -0.25) is 4.79 Å². The first kappa shape index (κ1) is 75.5. The Labute approximate surface area is 497 Å². The third-order valence-corrected chi connectivity index (χ3v) is 15.5. The molecule has 2 aliphatic heterocycles. The van der Waals surface area contributed by atoms with Crippen LogP contribution in [0, 0.1) is 0 Å². The zero-order valence-corrected chi connectivity index (χ0v) is 51.5. The van der Waals surface area contributed by atoms with E-state index in [-0.39, 0.29) is 25.6 Å². The predicted octanol–water partition coefficient (Wildman–Crippen LogP) is 13.4. The molecule has 0 saturated carbocycles. The molecule has 2 aliphatic rings. The fraction of sp³-hybridized carbons (Fsp3) is 0.809. The summed E-state index contributed by atoms with van der Waals surface area (Å²) >= 11 is 0. The first-order chi connectivity index (χ1) is 40.1. The smallest absolute Gasteiger partial charge is 0.306 e. The molecule has 7 N–H and O–H groups in total. The number of carbonyl (C=O) groups excluding carboxylic acids is 1. The van der Waals surface area contributed by atoms with Crippen molar-refractivity contribution >= 4 is 5.97 Å². The van der Waals surface area contributed by atoms with Gasteiger partial charge in [0.05, 0.1) is 26.4 Å². The topological polar surface area (TPSA) is 214 Å². The first-order valence-corrected chi connectivity index (χ1v) is 33.0. The van der Waals surface area contributed by atoms with E-state index in [2.05, 4.69) is 86.8 Å². The van der Waals surface area contributed by atoms with Gasteiger partial charge in [-0.2, -0.15) is 0 Å². The Morgan fingerprint density at radius 2 is 0.793 bits per heavy atom. The maximum atomic E-state index is 13.1. The first-order valence-electron chi connectivity index (χ1n) is 33.0. The standard InChI is InChI=1S/C68H120O14/c1-3-5-7-9-11-13-15-17-19-21-23-25-27-29-31-33-35-37-39-41-43-45-47-49-51-60(70)80-57(55-78-67-66(76)64(74)62(72)59(82-67)56-79-68-65(75)63(73)61(71)58(53-69)81-68)54-77-52-50-48-46-44-42-40-38-36-34-32-30-28-26-24-22-20-18-16-14-12-10-8-6-4-2/h6,8,12,14,18,20,24,26,30,32,36,38,57-59,61-69,71-76H,3-5,7,9-11,13,15-17,19,21-23,25,27-29,31,33-35,37,39-56H2,1-2H3/b8-6-,14-12-,20-18-,26-24-,32-30-,38-36-. The summed E-state index contributed by atoms with van der Waals surface area (Å²) in [6.45, 7) is 3.56. The summed E-state index contributed by atoms with van der Waals surface area (Å²) in [6.07, 6.45) is 54.0. The highest BCUT2D eigenvalue weighted by molar-refractivity contribution is 5.69. The van der Waals surface area contributed by atoms with Gasteiger partial charge < -0.3 is 64.2 Å². The fourth-order valence-corrected chi connectivity index (χ4v) is 10.2. The van der Waals surface area contributed by atoms with Gasteiger partial charge in [0.15, 0.2) is 12.6 Å². The van der Waals surface area contributed by atoms with E-state index in [9.17, 15) is 40.5 Å². The molecular weight excluding hydrogens is 1040 g/mol. The van der Waals surface area contributed by atoms with Crippen LogP contribution >= 0.6 is 0 Å². The van der Waals surface area contributed by atoms with Crippen molar-refractivity contribution in [2.75, 3.05) is 33.0 Å². The van der Waals surface area contributed by atoms with Gasteiger partial charge in [-0.05, 0) is 64.2 Å². The van der Waals surface area contributed by atoms with Crippen LogP contribution in [0.4, 0.5) is 0 Å². The molecule has 0 spiro atoms. The van der Waals surface area contributed by atoms with E-state index in [0.717, 1.165) is 96.3 Å². The van der Waals surface area contributed by atoms with E-state index in [4.69, 9.17) is 28.4 Å². The SMILES string of the molecule is CC/C=C\C/C=C\C/C=C\C/C=C\C/C=C\C/C=C\CCCCCCCOCC(COC1OC(COC2OC(CO)C(O)C(O)C2O)C(O)C(O)C1O)OC(=O)CCCCCCCCCCCCCCCCCCCCCCCCCC. The van der Waals surface area contributed by atoms with Crippen molar-refractivity contribution in [2.45, 2.75) is 319 Å². The van der Waals surface area contributed by atoms with E-state index < -0.39 is 80.7 Å². The summed E-state index contributed by atoms with van der Waals surface area (Å²) in [5.41, 5.74) is 0. The van der Waals surface area contributed by atoms with Gasteiger partial charge in [0.1, 0.15) is 54.9 Å². The van der Waals surface area contributed by atoms with Crippen LogP contribution in [0.3, 0.4) is 0 Å². The Morgan fingerprint density at radius 3 is 1.24 bits per heavy atom. The number of ether oxygens (including phenoxy) is 6. The Balaban J connectivity index is 1.68. The molecule has 2 heterocycles. The second-order valence-corrected chi connectivity index (χ2v) is 22.9. The minimum absolute atomic E-state index is 0.0471. The minimum atomic E-state index is -1.71. The number of rotatable bonds is 54. The lowest BCUT2D eigenvalue weighted by atomic mass is 9.98. The van der Waals surface area contributed by atoms with E-state index in [1.54, 1.807) is 0 Å². The molecule has 0 aromatic rings. The molecule has 14 nitrogen and oxygen atoms in total.